The molecule has 2 aromatic heterocycles. The van der Waals surface area contributed by atoms with Crippen molar-refractivity contribution in [1.29, 1.82) is 0 Å². The number of aromatic nitrogens is 2. The molecule has 9 nitrogen and oxygen atoms in total. The first-order chi connectivity index (χ1) is 16.2. The summed E-state index contributed by atoms with van der Waals surface area (Å²) in [6.07, 6.45) is 3.56. The average molecular weight is 442 g/mol. The van der Waals surface area contributed by atoms with Crippen molar-refractivity contribution in [1.82, 2.24) is 10.1 Å². The van der Waals surface area contributed by atoms with E-state index in [1.165, 1.54) is 6.20 Å². The second kappa shape index (κ2) is 7.63. The fourth-order valence-electron chi connectivity index (χ4n) is 3.78. The highest BCUT2D eigenvalue weighted by molar-refractivity contribution is 6.13. The molecule has 1 saturated carbocycles. The summed E-state index contributed by atoms with van der Waals surface area (Å²) in [5.41, 5.74) is 2.88. The molecule has 9 heteroatoms. The predicted molar refractivity (Wildman–Crippen MR) is 119 cm³/mol. The summed E-state index contributed by atoms with van der Waals surface area (Å²) in [5.74, 6) is 0.816. The predicted octanol–water partition coefficient (Wildman–Crippen LogP) is 4.33. The zero-order valence-electron chi connectivity index (χ0n) is 17.3. The Morgan fingerprint density at radius 2 is 1.79 bits per heavy atom. The van der Waals surface area contributed by atoms with Crippen LogP contribution >= 0.6 is 0 Å². The lowest BCUT2D eigenvalue weighted by molar-refractivity contribution is 0.102. The van der Waals surface area contributed by atoms with Gasteiger partial charge in [0.2, 0.25) is 6.79 Å². The fourth-order valence-corrected chi connectivity index (χ4v) is 3.78. The molecule has 0 saturated heterocycles. The zero-order chi connectivity index (χ0) is 22.4. The van der Waals surface area contributed by atoms with Crippen LogP contribution in [-0.4, -0.2) is 28.7 Å². The van der Waals surface area contributed by atoms with E-state index in [0.29, 0.717) is 45.6 Å². The number of ether oxygens (including phenoxy) is 2. The van der Waals surface area contributed by atoms with Gasteiger partial charge in [0.05, 0.1) is 27.9 Å². The van der Waals surface area contributed by atoms with Crippen LogP contribution in [0.4, 0.5) is 11.4 Å². The number of anilines is 2. The molecule has 2 aromatic carbocycles. The normalized spacial score (nSPS) is 14.3. The van der Waals surface area contributed by atoms with Crippen molar-refractivity contribution in [2.24, 2.45) is 0 Å². The second-order valence-corrected chi connectivity index (χ2v) is 7.94. The van der Waals surface area contributed by atoms with Gasteiger partial charge in [0, 0.05) is 23.9 Å². The number of fused-ring (bicyclic) bond motifs is 2. The van der Waals surface area contributed by atoms with E-state index in [0.717, 1.165) is 23.9 Å². The molecule has 6 rings (SSSR count). The monoisotopic (exact) mass is 442 g/mol. The standard InChI is InChI=1S/C24H18N4O5/c29-22(14-9-17-21(13-5-6-13)28-33-24(17)25-11-14)27-18-4-2-1-3-16(18)23(30)26-15-7-8-19-20(10-15)32-12-31-19/h1-4,7-11,13H,5-6,12H2,(H,26,30)(H,27,29). The maximum atomic E-state index is 13.0. The molecule has 2 aliphatic rings. The Bertz CT molecular complexity index is 1410. The molecule has 4 aromatic rings. The summed E-state index contributed by atoms with van der Waals surface area (Å²) in [6.45, 7) is 0.152. The number of hydrogen-bond acceptors (Lipinski definition) is 7. The average Bonchev–Trinajstić information content (AvgIpc) is 3.41. The third kappa shape index (κ3) is 3.63. The summed E-state index contributed by atoms with van der Waals surface area (Å²) in [4.78, 5) is 30.2. The number of pyridine rings is 1. The SMILES string of the molecule is O=C(Nc1ccccc1C(=O)Nc1ccc2c(c1)OCO2)c1cnc2onc(C3CC3)c2c1. The van der Waals surface area contributed by atoms with Crippen LogP contribution in [0.3, 0.4) is 0 Å². The van der Waals surface area contributed by atoms with Crippen molar-refractivity contribution < 1.29 is 23.6 Å². The van der Waals surface area contributed by atoms with Gasteiger partial charge < -0.3 is 24.6 Å². The van der Waals surface area contributed by atoms with E-state index in [1.807, 2.05) is 0 Å². The summed E-state index contributed by atoms with van der Waals surface area (Å²) < 4.78 is 15.9. The van der Waals surface area contributed by atoms with Crippen molar-refractivity contribution in [3.63, 3.8) is 0 Å². The maximum Gasteiger partial charge on any atom is 0.257 e. The van der Waals surface area contributed by atoms with Gasteiger partial charge >= 0.3 is 0 Å². The van der Waals surface area contributed by atoms with E-state index < -0.39 is 0 Å². The minimum Gasteiger partial charge on any atom is -0.454 e. The van der Waals surface area contributed by atoms with Crippen LogP contribution in [0, 0.1) is 0 Å². The van der Waals surface area contributed by atoms with Crippen LogP contribution in [0.15, 0.2) is 59.3 Å². The summed E-state index contributed by atoms with van der Waals surface area (Å²) in [7, 11) is 0. The number of carbonyl (C=O) groups excluding carboxylic acids is 2. The Morgan fingerprint density at radius 3 is 2.67 bits per heavy atom. The molecule has 0 bridgehead atoms. The van der Waals surface area contributed by atoms with Gasteiger partial charge in [-0.1, -0.05) is 17.3 Å². The maximum absolute atomic E-state index is 13.0. The van der Waals surface area contributed by atoms with Crippen molar-refractivity contribution in [3.8, 4) is 11.5 Å². The van der Waals surface area contributed by atoms with E-state index in [1.54, 1.807) is 48.5 Å². The molecule has 0 radical (unpaired) electrons. The topological polar surface area (TPSA) is 116 Å². The van der Waals surface area contributed by atoms with Gasteiger partial charge in [0.15, 0.2) is 11.5 Å². The number of carbonyl (C=O) groups is 2. The third-order valence-electron chi connectivity index (χ3n) is 5.63. The molecule has 0 atom stereocenters. The van der Waals surface area contributed by atoms with Crippen LogP contribution in [0.25, 0.3) is 11.1 Å². The Hall–Kier alpha value is -4.40. The number of amides is 2. The lowest BCUT2D eigenvalue weighted by Gasteiger charge is -2.12. The highest BCUT2D eigenvalue weighted by Crippen LogP contribution is 2.42. The highest BCUT2D eigenvalue weighted by atomic mass is 16.7. The summed E-state index contributed by atoms with van der Waals surface area (Å²) >= 11 is 0. The highest BCUT2D eigenvalue weighted by Gasteiger charge is 2.30. The molecule has 33 heavy (non-hydrogen) atoms. The fraction of sp³-hybridized carbons (Fsp3) is 0.167. The van der Waals surface area contributed by atoms with Gasteiger partial charge in [0.25, 0.3) is 17.5 Å². The number of benzene rings is 2. The quantitative estimate of drug-likeness (QED) is 0.472. The van der Waals surface area contributed by atoms with Crippen molar-refractivity contribution in [2.75, 3.05) is 17.4 Å². The molecular weight excluding hydrogens is 424 g/mol. The van der Waals surface area contributed by atoms with Gasteiger partial charge in [-0.15, -0.1) is 0 Å². The first kappa shape index (κ1) is 19.3. The van der Waals surface area contributed by atoms with E-state index >= 15 is 0 Å². The van der Waals surface area contributed by atoms with Crippen molar-refractivity contribution in [2.45, 2.75) is 18.8 Å². The first-order valence-electron chi connectivity index (χ1n) is 10.5. The Kier molecular flexibility index (Phi) is 4.46. The number of nitrogens with zero attached hydrogens (tertiary/aromatic N) is 2. The van der Waals surface area contributed by atoms with Crippen molar-refractivity contribution >= 4 is 34.3 Å². The van der Waals surface area contributed by atoms with Crippen LogP contribution in [-0.2, 0) is 0 Å². The van der Waals surface area contributed by atoms with Gasteiger partial charge in [-0.25, -0.2) is 4.98 Å². The largest absolute Gasteiger partial charge is 0.454 e. The van der Waals surface area contributed by atoms with Crippen LogP contribution in [0.1, 0.15) is 45.2 Å². The smallest absolute Gasteiger partial charge is 0.257 e. The third-order valence-corrected chi connectivity index (χ3v) is 5.63. The van der Waals surface area contributed by atoms with E-state index in [9.17, 15) is 9.59 Å². The number of nitrogens with one attached hydrogen (secondary N) is 2. The minimum absolute atomic E-state index is 0.152. The molecular formula is C24H18N4O5. The minimum atomic E-state index is -0.379. The molecule has 1 fully saturated rings. The van der Waals surface area contributed by atoms with Crippen molar-refractivity contribution in [3.05, 3.63) is 71.5 Å². The van der Waals surface area contributed by atoms with Crippen LogP contribution in [0.5, 0.6) is 11.5 Å². The first-order valence-corrected chi connectivity index (χ1v) is 10.5. The number of rotatable bonds is 5. The van der Waals surface area contributed by atoms with Crippen LogP contribution in [0.2, 0.25) is 0 Å². The van der Waals surface area contributed by atoms with Crippen LogP contribution < -0.4 is 20.1 Å². The zero-order valence-corrected chi connectivity index (χ0v) is 17.3. The molecule has 3 heterocycles. The molecule has 0 spiro atoms. The lowest BCUT2D eigenvalue weighted by Crippen LogP contribution is -2.18. The summed E-state index contributed by atoms with van der Waals surface area (Å²) in [5, 5.41) is 10.5. The molecule has 164 valence electrons. The Labute approximate surface area is 187 Å². The number of hydrogen-bond donors (Lipinski definition) is 2. The number of para-hydroxylation sites is 1. The van der Waals surface area contributed by atoms with Gasteiger partial charge in [-0.2, -0.15) is 0 Å². The molecule has 0 unspecified atom stereocenters. The Balaban J connectivity index is 1.23. The van der Waals surface area contributed by atoms with Gasteiger partial charge in [0.1, 0.15) is 0 Å². The van der Waals surface area contributed by atoms with E-state index in [2.05, 4.69) is 20.8 Å². The Morgan fingerprint density at radius 1 is 0.939 bits per heavy atom. The van der Waals surface area contributed by atoms with Gasteiger partial charge in [-0.3, -0.25) is 9.59 Å². The van der Waals surface area contributed by atoms with E-state index in [4.69, 9.17) is 14.0 Å². The lowest BCUT2D eigenvalue weighted by atomic mass is 10.1. The molecule has 1 aliphatic carbocycles. The van der Waals surface area contributed by atoms with Gasteiger partial charge in [-0.05, 0) is 43.2 Å². The molecule has 1 aliphatic heterocycles. The van der Waals surface area contributed by atoms with E-state index in [-0.39, 0.29) is 18.6 Å². The second-order valence-electron chi connectivity index (χ2n) is 7.94. The molecule has 2 amide bonds. The molecule has 2 N–H and O–H groups in total. The summed E-state index contributed by atoms with van der Waals surface area (Å²) in [6, 6.07) is 13.7.